The molecule has 0 bridgehead atoms. The molecule has 0 unspecified atom stereocenters. The molecular weight excluding hydrogens is 346 g/mol. The smallest absolute Gasteiger partial charge is 0.268 e. The van der Waals surface area contributed by atoms with Crippen LogP contribution in [0.15, 0.2) is 35.1 Å². The van der Waals surface area contributed by atoms with Crippen molar-refractivity contribution in [1.29, 1.82) is 0 Å². The van der Waals surface area contributed by atoms with Gasteiger partial charge in [0.25, 0.3) is 5.56 Å². The molecule has 1 aliphatic rings. The van der Waals surface area contributed by atoms with Crippen LogP contribution < -0.4 is 5.56 Å². The van der Waals surface area contributed by atoms with E-state index in [1.165, 1.54) is 0 Å². The molecule has 0 saturated heterocycles. The van der Waals surface area contributed by atoms with E-state index in [0.29, 0.717) is 22.4 Å². The Morgan fingerprint density at radius 1 is 1.38 bits per heavy atom. The largest absolute Gasteiger partial charge is 0.370 e. The first-order chi connectivity index (χ1) is 12.4. The van der Waals surface area contributed by atoms with Crippen molar-refractivity contribution in [3.63, 3.8) is 0 Å². The fourth-order valence-corrected chi connectivity index (χ4v) is 3.69. The van der Waals surface area contributed by atoms with Gasteiger partial charge in [0.05, 0.1) is 29.0 Å². The predicted molar refractivity (Wildman–Crippen MR) is 104 cm³/mol. The molecule has 0 aliphatic carbocycles. The topological polar surface area (TPSA) is 59.9 Å². The van der Waals surface area contributed by atoms with E-state index in [0.717, 1.165) is 35.3 Å². The number of hydrogen-bond acceptors (Lipinski definition) is 4. The number of H-pyrrole nitrogens is 1. The molecule has 2 aromatic heterocycles. The zero-order chi connectivity index (χ0) is 18.5. The van der Waals surface area contributed by atoms with E-state index in [4.69, 9.17) is 21.9 Å². The third-order valence-corrected chi connectivity index (χ3v) is 5.56. The van der Waals surface area contributed by atoms with Gasteiger partial charge in [0.1, 0.15) is 5.65 Å². The number of pyridine rings is 1. The van der Waals surface area contributed by atoms with Gasteiger partial charge in [0.15, 0.2) is 4.77 Å². The number of hydrogen-bond donors (Lipinski definition) is 1. The van der Waals surface area contributed by atoms with Crippen molar-refractivity contribution in [3.05, 3.63) is 62.3 Å². The van der Waals surface area contributed by atoms with Crippen molar-refractivity contribution in [2.24, 2.45) is 0 Å². The van der Waals surface area contributed by atoms with Gasteiger partial charge in [-0.3, -0.25) is 9.36 Å². The van der Waals surface area contributed by atoms with Gasteiger partial charge >= 0.3 is 0 Å². The van der Waals surface area contributed by atoms with Crippen molar-refractivity contribution >= 4 is 23.3 Å². The van der Waals surface area contributed by atoms with Crippen LogP contribution in [0, 0.1) is 11.7 Å². The maximum atomic E-state index is 13.2. The Morgan fingerprint density at radius 2 is 2.15 bits per heavy atom. The summed E-state index contributed by atoms with van der Waals surface area (Å²) < 4.78 is 7.91. The van der Waals surface area contributed by atoms with Crippen LogP contribution in [-0.4, -0.2) is 20.1 Å². The minimum Gasteiger partial charge on any atom is -0.370 e. The summed E-state index contributed by atoms with van der Waals surface area (Å²) in [6, 6.07) is 9.60. The Hall–Kier alpha value is -2.31. The van der Waals surface area contributed by atoms with Crippen molar-refractivity contribution < 1.29 is 4.74 Å². The normalized spacial score (nSPS) is 19.5. The molecule has 0 radical (unpaired) electrons. The predicted octanol–water partition coefficient (Wildman–Crippen LogP) is 3.99. The lowest BCUT2D eigenvalue weighted by Crippen LogP contribution is -2.35. The van der Waals surface area contributed by atoms with E-state index in [9.17, 15) is 4.79 Å². The van der Waals surface area contributed by atoms with Crippen LogP contribution in [0.25, 0.3) is 16.7 Å². The average Bonchev–Trinajstić information content (AvgIpc) is 2.62. The SMILES string of the molecule is CC[C@@]1(C)Cc2nc3[nH]c(=S)n(-c4ccccc4C)c(=O)c3cc2CO1. The number of nitrogens with zero attached hydrogens (tertiary/aromatic N) is 2. The fraction of sp³-hybridized carbons (Fsp3) is 0.350. The molecular formula is C20H21N3O2S. The number of aromatic nitrogens is 3. The van der Waals surface area contributed by atoms with Crippen LogP contribution in [0.4, 0.5) is 0 Å². The summed E-state index contributed by atoms with van der Waals surface area (Å²) in [7, 11) is 0. The second-order valence-electron chi connectivity index (χ2n) is 7.12. The van der Waals surface area contributed by atoms with Crippen LogP contribution in [0.3, 0.4) is 0 Å². The zero-order valence-electron chi connectivity index (χ0n) is 15.1. The molecule has 4 rings (SSSR count). The molecule has 1 atom stereocenters. The Labute approximate surface area is 156 Å². The maximum absolute atomic E-state index is 13.2. The zero-order valence-corrected chi connectivity index (χ0v) is 15.9. The summed E-state index contributed by atoms with van der Waals surface area (Å²) in [6.45, 7) is 6.65. The molecule has 0 saturated carbocycles. The lowest BCUT2D eigenvalue weighted by atomic mass is 9.91. The number of para-hydroxylation sites is 1. The molecule has 0 fully saturated rings. The second kappa shape index (κ2) is 6.14. The first kappa shape index (κ1) is 17.1. The van der Waals surface area contributed by atoms with Crippen molar-refractivity contribution in [3.8, 4) is 5.69 Å². The van der Waals surface area contributed by atoms with Gasteiger partial charge in [0.2, 0.25) is 0 Å². The highest BCUT2D eigenvalue weighted by molar-refractivity contribution is 7.71. The van der Waals surface area contributed by atoms with Crippen molar-refractivity contribution in [2.75, 3.05) is 0 Å². The van der Waals surface area contributed by atoms with Crippen molar-refractivity contribution in [2.45, 2.75) is 45.8 Å². The Balaban J connectivity index is 1.96. The monoisotopic (exact) mass is 367 g/mol. The quantitative estimate of drug-likeness (QED) is 0.696. The number of aryl methyl sites for hydroxylation is 1. The van der Waals surface area contributed by atoms with Crippen molar-refractivity contribution in [1.82, 2.24) is 14.5 Å². The highest BCUT2D eigenvalue weighted by Gasteiger charge is 2.30. The van der Waals surface area contributed by atoms with E-state index in [-0.39, 0.29) is 11.2 Å². The molecule has 5 nitrogen and oxygen atoms in total. The van der Waals surface area contributed by atoms with Crippen LogP contribution in [0.1, 0.15) is 37.1 Å². The van der Waals surface area contributed by atoms with Crippen LogP contribution in [0.2, 0.25) is 0 Å². The second-order valence-corrected chi connectivity index (χ2v) is 7.50. The molecule has 6 heteroatoms. The highest BCUT2D eigenvalue weighted by atomic mass is 32.1. The molecule has 26 heavy (non-hydrogen) atoms. The first-order valence-electron chi connectivity index (χ1n) is 8.80. The Morgan fingerprint density at radius 3 is 2.88 bits per heavy atom. The van der Waals surface area contributed by atoms with E-state index in [2.05, 4.69) is 18.8 Å². The summed E-state index contributed by atoms with van der Waals surface area (Å²) in [5, 5.41) is 0.532. The van der Waals surface area contributed by atoms with Gasteiger partial charge in [-0.1, -0.05) is 25.1 Å². The van der Waals surface area contributed by atoms with Gasteiger partial charge in [-0.2, -0.15) is 0 Å². The summed E-state index contributed by atoms with van der Waals surface area (Å²) in [5.74, 6) is 0. The number of rotatable bonds is 2. The van der Waals surface area contributed by atoms with Gasteiger partial charge in [-0.15, -0.1) is 0 Å². The number of benzene rings is 1. The summed E-state index contributed by atoms with van der Waals surface area (Å²) >= 11 is 5.47. The highest BCUT2D eigenvalue weighted by Crippen LogP contribution is 2.30. The average molecular weight is 367 g/mol. The van der Waals surface area contributed by atoms with E-state index >= 15 is 0 Å². The lowest BCUT2D eigenvalue weighted by molar-refractivity contribution is -0.0573. The van der Waals surface area contributed by atoms with E-state index in [1.807, 2.05) is 37.3 Å². The van der Waals surface area contributed by atoms with Gasteiger partial charge in [-0.05, 0) is 50.2 Å². The van der Waals surface area contributed by atoms with Crippen LogP contribution >= 0.6 is 12.2 Å². The molecule has 3 aromatic rings. The minimum atomic E-state index is -0.208. The standard InChI is InChI=1S/C20H21N3O2S/c1-4-20(3)10-15-13(11-25-20)9-14-17(21-15)22-19(26)23(18(14)24)16-8-6-5-7-12(16)2/h5-9H,4,10-11H2,1-3H3,(H,21,22,26)/t20-/m0/s1. The Kier molecular flexibility index (Phi) is 4.04. The Bertz CT molecular complexity index is 1130. The maximum Gasteiger partial charge on any atom is 0.268 e. The molecule has 134 valence electrons. The third-order valence-electron chi connectivity index (χ3n) is 5.27. The number of aromatic amines is 1. The summed E-state index contributed by atoms with van der Waals surface area (Å²) in [6.07, 6.45) is 1.65. The van der Waals surface area contributed by atoms with E-state index in [1.54, 1.807) is 4.57 Å². The minimum absolute atomic E-state index is 0.155. The molecule has 0 spiro atoms. The molecule has 1 aliphatic heterocycles. The third kappa shape index (κ3) is 2.70. The van der Waals surface area contributed by atoms with Crippen LogP contribution in [0.5, 0.6) is 0 Å². The number of ether oxygens (including phenoxy) is 1. The molecule has 0 amide bonds. The molecule has 1 N–H and O–H groups in total. The van der Waals surface area contributed by atoms with Gasteiger partial charge < -0.3 is 9.72 Å². The number of fused-ring (bicyclic) bond motifs is 2. The first-order valence-corrected chi connectivity index (χ1v) is 9.20. The van der Waals surface area contributed by atoms with Gasteiger partial charge in [0, 0.05) is 12.0 Å². The summed E-state index contributed by atoms with van der Waals surface area (Å²) in [5.41, 5.74) is 3.91. The lowest BCUT2D eigenvalue weighted by Gasteiger charge is -2.33. The van der Waals surface area contributed by atoms with Gasteiger partial charge in [-0.25, -0.2) is 4.98 Å². The number of nitrogens with one attached hydrogen (secondary N) is 1. The molecule has 3 heterocycles. The fourth-order valence-electron chi connectivity index (χ4n) is 3.42. The summed E-state index contributed by atoms with van der Waals surface area (Å²) in [4.78, 5) is 21.0. The van der Waals surface area contributed by atoms with E-state index < -0.39 is 0 Å². The molecule has 1 aromatic carbocycles. The van der Waals surface area contributed by atoms with Crippen LogP contribution in [-0.2, 0) is 17.8 Å².